The summed E-state index contributed by atoms with van der Waals surface area (Å²) in [6.45, 7) is 0.281. The Morgan fingerprint density at radius 1 is 1.11 bits per heavy atom. The van der Waals surface area contributed by atoms with Gasteiger partial charge >= 0.3 is 5.97 Å². The smallest absolute Gasteiger partial charge is 0.320 e. The van der Waals surface area contributed by atoms with E-state index in [4.69, 9.17) is 10.2 Å². The highest BCUT2D eigenvalue weighted by Crippen LogP contribution is 2.10. The monoisotopic (exact) mass is 267 g/mol. The van der Waals surface area contributed by atoms with Crippen molar-refractivity contribution < 1.29 is 20.1 Å². The van der Waals surface area contributed by atoms with E-state index in [-0.39, 0.29) is 26.3 Å². The highest BCUT2D eigenvalue weighted by atomic mass is 16.4. The van der Waals surface area contributed by atoms with Crippen molar-refractivity contribution in [2.45, 2.75) is 18.9 Å². The van der Waals surface area contributed by atoms with Crippen molar-refractivity contribution in [1.29, 1.82) is 0 Å². The van der Waals surface area contributed by atoms with E-state index >= 15 is 0 Å². The molecule has 5 nitrogen and oxygen atoms in total. The van der Waals surface area contributed by atoms with Crippen LogP contribution in [0.15, 0.2) is 30.3 Å². The molecule has 3 N–H and O–H groups in total. The molecular formula is C14H21NO4. The number of rotatable bonds is 9. The predicted molar refractivity (Wildman–Crippen MR) is 71.9 cm³/mol. The van der Waals surface area contributed by atoms with Crippen LogP contribution in [0.5, 0.6) is 0 Å². The molecule has 0 fully saturated rings. The molecule has 1 unspecified atom stereocenters. The highest BCUT2D eigenvalue weighted by Gasteiger charge is 2.24. The van der Waals surface area contributed by atoms with Gasteiger partial charge in [-0.05, 0) is 18.4 Å². The van der Waals surface area contributed by atoms with Crippen molar-refractivity contribution in [3.05, 3.63) is 35.9 Å². The van der Waals surface area contributed by atoms with Crippen LogP contribution in [0.1, 0.15) is 12.0 Å². The van der Waals surface area contributed by atoms with Gasteiger partial charge in [-0.1, -0.05) is 30.3 Å². The Hall–Kier alpha value is -1.43. The summed E-state index contributed by atoms with van der Waals surface area (Å²) in [6.07, 6.45) is 1.12. The number of nitrogens with zero attached hydrogens (tertiary/aromatic N) is 1. The van der Waals surface area contributed by atoms with Gasteiger partial charge in [0, 0.05) is 13.1 Å². The molecular weight excluding hydrogens is 246 g/mol. The molecule has 0 aliphatic carbocycles. The van der Waals surface area contributed by atoms with Gasteiger partial charge in [0.2, 0.25) is 0 Å². The first kappa shape index (κ1) is 15.6. The first-order chi connectivity index (χ1) is 9.19. The average molecular weight is 267 g/mol. The van der Waals surface area contributed by atoms with Crippen LogP contribution in [0, 0.1) is 0 Å². The molecule has 0 aliphatic heterocycles. The minimum Gasteiger partial charge on any atom is -0.480 e. The normalized spacial score (nSPS) is 12.6. The number of carboxylic acid groups (broad SMARTS) is 1. The first-order valence-electron chi connectivity index (χ1n) is 6.41. The van der Waals surface area contributed by atoms with E-state index in [1.54, 1.807) is 4.90 Å². The van der Waals surface area contributed by atoms with Gasteiger partial charge in [-0.15, -0.1) is 0 Å². The van der Waals surface area contributed by atoms with E-state index < -0.39 is 12.0 Å². The van der Waals surface area contributed by atoms with Gasteiger partial charge in [-0.25, -0.2) is 0 Å². The summed E-state index contributed by atoms with van der Waals surface area (Å²) in [6, 6.07) is 9.00. The third-order valence-corrected chi connectivity index (χ3v) is 3.05. The summed E-state index contributed by atoms with van der Waals surface area (Å²) in [4.78, 5) is 12.9. The summed E-state index contributed by atoms with van der Waals surface area (Å²) < 4.78 is 0. The maximum atomic E-state index is 11.3. The van der Waals surface area contributed by atoms with E-state index in [2.05, 4.69) is 0 Å². The molecule has 106 valence electrons. The number of carboxylic acids is 1. The van der Waals surface area contributed by atoms with Crippen LogP contribution in [0.2, 0.25) is 0 Å². The van der Waals surface area contributed by atoms with Crippen molar-refractivity contribution in [1.82, 2.24) is 4.90 Å². The van der Waals surface area contributed by atoms with Crippen LogP contribution in [0.4, 0.5) is 0 Å². The minimum atomic E-state index is -0.919. The summed E-state index contributed by atoms with van der Waals surface area (Å²) in [5.74, 6) is -0.919. The van der Waals surface area contributed by atoms with Crippen LogP contribution in [0.3, 0.4) is 0 Å². The number of benzene rings is 1. The van der Waals surface area contributed by atoms with E-state index in [1.807, 2.05) is 30.3 Å². The molecule has 1 rings (SSSR count). The Bertz CT molecular complexity index is 363. The number of aliphatic carboxylic acids is 1. The molecule has 0 aliphatic rings. The van der Waals surface area contributed by atoms with E-state index in [0.717, 1.165) is 5.56 Å². The van der Waals surface area contributed by atoms with Gasteiger partial charge in [0.1, 0.15) is 6.04 Å². The number of aryl methyl sites for hydroxylation is 1. The lowest BCUT2D eigenvalue weighted by molar-refractivity contribution is -0.143. The van der Waals surface area contributed by atoms with Gasteiger partial charge < -0.3 is 15.3 Å². The number of aliphatic hydroxyl groups is 2. The zero-order valence-electron chi connectivity index (χ0n) is 10.9. The zero-order valence-corrected chi connectivity index (χ0v) is 10.9. The van der Waals surface area contributed by atoms with E-state index in [1.165, 1.54) is 0 Å². The molecule has 1 aromatic carbocycles. The SMILES string of the molecule is O=C(O)C(CCc1ccccc1)N(CCO)CCO. The molecule has 0 saturated heterocycles. The van der Waals surface area contributed by atoms with Crippen molar-refractivity contribution in [2.75, 3.05) is 26.3 Å². The van der Waals surface area contributed by atoms with Crippen LogP contribution in [-0.2, 0) is 11.2 Å². The highest BCUT2D eigenvalue weighted by molar-refractivity contribution is 5.73. The summed E-state index contributed by atoms with van der Waals surface area (Å²) >= 11 is 0. The van der Waals surface area contributed by atoms with Crippen molar-refractivity contribution in [3.63, 3.8) is 0 Å². The fourth-order valence-corrected chi connectivity index (χ4v) is 2.09. The molecule has 0 spiro atoms. The lowest BCUT2D eigenvalue weighted by Crippen LogP contribution is -2.44. The zero-order chi connectivity index (χ0) is 14.1. The van der Waals surface area contributed by atoms with Crippen LogP contribution < -0.4 is 0 Å². The third-order valence-electron chi connectivity index (χ3n) is 3.05. The fraction of sp³-hybridized carbons (Fsp3) is 0.500. The Morgan fingerprint density at radius 2 is 1.68 bits per heavy atom. The molecule has 0 bridgehead atoms. The number of carbonyl (C=O) groups is 1. The quantitative estimate of drug-likeness (QED) is 0.602. The fourth-order valence-electron chi connectivity index (χ4n) is 2.09. The number of aliphatic hydroxyl groups excluding tert-OH is 2. The minimum absolute atomic E-state index is 0.116. The van der Waals surface area contributed by atoms with Gasteiger partial charge in [0.05, 0.1) is 13.2 Å². The van der Waals surface area contributed by atoms with Crippen LogP contribution >= 0.6 is 0 Å². The Balaban J connectivity index is 2.63. The molecule has 0 saturated carbocycles. The standard InChI is InChI=1S/C14H21NO4/c16-10-8-15(9-11-17)13(14(18)19)7-6-12-4-2-1-3-5-12/h1-5,13,16-17H,6-11H2,(H,18,19). The lowest BCUT2D eigenvalue weighted by atomic mass is 10.0. The van der Waals surface area contributed by atoms with Crippen molar-refractivity contribution in [3.8, 4) is 0 Å². The van der Waals surface area contributed by atoms with Gasteiger partial charge in [0.25, 0.3) is 0 Å². The van der Waals surface area contributed by atoms with E-state index in [0.29, 0.717) is 12.8 Å². The number of hydrogen-bond acceptors (Lipinski definition) is 4. The van der Waals surface area contributed by atoms with Crippen LogP contribution in [0.25, 0.3) is 0 Å². The van der Waals surface area contributed by atoms with Gasteiger partial charge in [-0.3, -0.25) is 9.69 Å². The average Bonchev–Trinajstić information content (AvgIpc) is 2.40. The number of hydrogen-bond donors (Lipinski definition) is 3. The lowest BCUT2D eigenvalue weighted by Gasteiger charge is -2.27. The summed E-state index contributed by atoms with van der Waals surface area (Å²) in [7, 11) is 0. The third kappa shape index (κ3) is 5.38. The molecule has 0 amide bonds. The Kier molecular flexibility index (Phi) is 7.10. The second-order valence-corrected chi connectivity index (χ2v) is 4.36. The molecule has 19 heavy (non-hydrogen) atoms. The maximum Gasteiger partial charge on any atom is 0.320 e. The Morgan fingerprint density at radius 3 is 2.16 bits per heavy atom. The molecule has 0 heterocycles. The van der Waals surface area contributed by atoms with Gasteiger partial charge in [0.15, 0.2) is 0 Å². The molecule has 5 heteroatoms. The van der Waals surface area contributed by atoms with Crippen molar-refractivity contribution in [2.24, 2.45) is 0 Å². The van der Waals surface area contributed by atoms with E-state index in [9.17, 15) is 9.90 Å². The molecule has 1 atom stereocenters. The second kappa shape index (κ2) is 8.63. The van der Waals surface area contributed by atoms with Crippen molar-refractivity contribution >= 4 is 5.97 Å². The Labute approximate surface area is 113 Å². The summed E-state index contributed by atoms with van der Waals surface area (Å²) in [5, 5.41) is 27.2. The summed E-state index contributed by atoms with van der Waals surface area (Å²) in [5.41, 5.74) is 1.08. The first-order valence-corrected chi connectivity index (χ1v) is 6.41. The second-order valence-electron chi connectivity index (χ2n) is 4.36. The topological polar surface area (TPSA) is 81.0 Å². The van der Waals surface area contributed by atoms with Crippen LogP contribution in [-0.4, -0.2) is 58.5 Å². The molecule has 0 radical (unpaired) electrons. The largest absolute Gasteiger partial charge is 0.480 e. The molecule has 0 aromatic heterocycles. The molecule has 1 aromatic rings. The predicted octanol–water partition coefficient (Wildman–Crippen LogP) is 0.359. The maximum absolute atomic E-state index is 11.3. The van der Waals surface area contributed by atoms with Gasteiger partial charge in [-0.2, -0.15) is 0 Å².